The summed E-state index contributed by atoms with van der Waals surface area (Å²) in [6.45, 7) is 1.96. The summed E-state index contributed by atoms with van der Waals surface area (Å²) in [5, 5.41) is 9.31. The largest absolute Gasteiger partial charge is 0.480 e. The number of aliphatic carboxylic acids is 1. The van der Waals surface area contributed by atoms with Gasteiger partial charge in [0.2, 0.25) is 0 Å². The van der Waals surface area contributed by atoms with Crippen molar-refractivity contribution in [2.45, 2.75) is 25.3 Å². The van der Waals surface area contributed by atoms with Crippen LogP contribution >= 0.6 is 11.6 Å². The van der Waals surface area contributed by atoms with Crippen molar-refractivity contribution >= 4 is 23.5 Å². The number of nitrogens with zero attached hydrogens (tertiary/aromatic N) is 1. The van der Waals surface area contributed by atoms with E-state index in [4.69, 9.17) is 16.0 Å². The lowest BCUT2D eigenvalue weighted by molar-refractivity contribution is -0.147. The third-order valence-corrected chi connectivity index (χ3v) is 3.33. The van der Waals surface area contributed by atoms with E-state index in [-0.39, 0.29) is 11.0 Å². The molecule has 1 atom stereocenters. The number of carboxylic acids is 1. The molecule has 1 aromatic heterocycles. The Morgan fingerprint density at radius 2 is 2.24 bits per heavy atom. The van der Waals surface area contributed by atoms with Crippen molar-refractivity contribution in [3.63, 3.8) is 0 Å². The summed E-state index contributed by atoms with van der Waals surface area (Å²) in [4.78, 5) is 24.6. The van der Waals surface area contributed by atoms with Crippen LogP contribution in [0.4, 0.5) is 0 Å². The van der Waals surface area contributed by atoms with Crippen LogP contribution in [0.1, 0.15) is 30.3 Å². The number of furan rings is 1. The van der Waals surface area contributed by atoms with Gasteiger partial charge in [-0.3, -0.25) is 4.79 Å². The predicted octanol–water partition coefficient (Wildman–Crippen LogP) is 2.01. The Labute approximate surface area is 103 Å². The molecule has 5 nitrogen and oxygen atoms in total. The molecular weight excluding hydrogens is 246 g/mol. The molecule has 1 amide bonds. The quantitative estimate of drug-likeness (QED) is 0.880. The van der Waals surface area contributed by atoms with Crippen LogP contribution in [0.3, 0.4) is 0 Å². The van der Waals surface area contributed by atoms with Gasteiger partial charge >= 0.3 is 5.97 Å². The number of carboxylic acid groups (broad SMARTS) is 1. The van der Waals surface area contributed by atoms with Gasteiger partial charge in [0.15, 0.2) is 11.0 Å². The molecule has 0 radical (unpaired) electrons. The molecule has 0 aliphatic carbocycles. The summed E-state index contributed by atoms with van der Waals surface area (Å²) < 4.78 is 5.01. The van der Waals surface area contributed by atoms with E-state index in [9.17, 15) is 14.7 Å². The molecule has 17 heavy (non-hydrogen) atoms. The fourth-order valence-corrected chi connectivity index (χ4v) is 2.22. The third-order valence-electron chi connectivity index (χ3n) is 3.13. The van der Waals surface area contributed by atoms with Crippen LogP contribution in [0.25, 0.3) is 0 Å². The highest BCUT2D eigenvalue weighted by Gasteiger charge is 2.46. The summed E-state index contributed by atoms with van der Waals surface area (Å²) in [6.07, 6.45) is 1.12. The molecule has 0 spiro atoms. The first kappa shape index (κ1) is 12.0. The number of carbonyl (C=O) groups excluding carboxylic acids is 1. The SMILES string of the molecule is CC1(C(=O)O)CCCN1C(=O)c1ccc(Cl)o1. The van der Waals surface area contributed by atoms with Crippen LogP contribution < -0.4 is 0 Å². The van der Waals surface area contributed by atoms with Gasteiger partial charge in [-0.15, -0.1) is 0 Å². The van der Waals surface area contributed by atoms with E-state index >= 15 is 0 Å². The van der Waals surface area contributed by atoms with Crippen LogP contribution in [0, 0.1) is 0 Å². The normalized spacial score (nSPS) is 24.0. The van der Waals surface area contributed by atoms with E-state index < -0.39 is 17.4 Å². The fraction of sp³-hybridized carbons (Fsp3) is 0.455. The Balaban J connectivity index is 2.28. The van der Waals surface area contributed by atoms with Crippen molar-refractivity contribution in [3.05, 3.63) is 23.1 Å². The second kappa shape index (κ2) is 4.07. The Morgan fingerprint density at radius 3 is 2.76 bits per heavy atom. The number of carbonyl (C=O) groups is 2. The molecule has 1 fully saturated rings. The zero-order chi connectivity index (χ0) is 12.6. The Bertz CT molecular complexity index is 470. The van der Waals surface area contributed by atoms with Gasteiger partial charge in [0.1, 0.15) is 5.54 Å². The van der Waals surface area contributed by atoms with Crippen molar-refractivity contribution in [2.24, 2.45) is 0 Å². The van der Waals surface area contributed by atoms with Gasteiger partial charge < -0.3 is 14.4 Å². The van der Waals surface area contributed by atoms with Gasteiger partial charge in [-0.2, -0.15) is 0 Å². The lowest BCUT2D eigenvalue weighted by Crippen LogP contribution is -2.50. The maximum atomic E-state index is 12.1. The summed E-state index contributed by atoms with van der Waals surface area (Å²) in [7, 11) is 0. The number of likely N-dealkylation sites (tertiary alicyclic amines) is 1. The second-order valence-corrected chi connectivity index (χ2v) is 4.62. The highest BCUT2D eigenvalue weighted by atomic mass is 35.5. The zero-order valence-corrected chi connectivity index (χ0v) is 10.0. The average molecular weight is 258 g/mol. The van der Waals surface area contributed by atoms with Crippen molar-refractivity contribution in [2.75, 3.05) is 6.54 Å². The first-order chi connectivity index (χ1) is 7.95. The molecule has 92 valence electrons. The number of halogens is 1. The summed E-state index contributed by atoms with van der Waals surface area (Å²) in [6, 6.07) is 2.91. The molecule has 0 saturated carbocycles. The third kappa shape index (κ3) is 1.91. The molecule has 0 aromatic carbocycles. The minimum atomic E-state index is -1.16. The first-order valence-electron chi connectivity index (χ1n) is 5.26. The molecule has 6 heteroatoms. The maximum absolute atomic E-state index is 12.1. The second-order valence-electron chi connectivity index (χ2n) is 4.24. The Hall–Kier alpha value is -1.49. The highest BCUT2D eigenvalue weighted by Crippen LogP contribution is 2.31. The molecule has 1 aromatic rings. The molecular formula is C11H12ClNO4. The molecule has 1 aliphatic rings. The molecule has 2 rings (SSSR count). The minimum absolute atomic E-state index is 0.0735. The molecule has 1 aliphatic heterocycles. The van der Waals surface area contributed by atoms with Gasteiger partial charge in [0.05, 0.1) is 0 Å². The standard InChI is InChI=1S/C11H12ClNO4/c1-11(10(15)16)5-2-6-13(11)9(14)7-3-4-8(12)17-7/h3-4H,2,5-6H2,1H3,(H,15,16). The van der Waals surface area contributed by atoms with Gasteiger partial charge in [0, 0.05) is 6.54 Å². The van der Waals surface area contributed by atoms with E-state index in [0.717, 1.165) is 0 Å². The average Bonchev–Trinajstić information content (AvgIpc) is 2.85. The molecule has 2 heterocycles. The van der Waals surface area contributed by atoms with Crippen LogP contribution in [-0.2, 0) is 4.79 Å². The molecule has 1 saturated heterocycles. The van der Waals surface area contributed by atoms with Crippen molar-refractivity contribution in [1.29, 1.82) is 0 Å². The van der Waals surface area contributed by atoms with Gasteiger partial charge in [-0.1, -0.05) is 0 Å². The van der Waals surface area contributed by atoms with Gasteiger partial charge in [-0.05, 0) is 43.5 Å². The van der Waals surface area contributed by atoms with Crippen LogP contribution in [-0.4, -0.2) is 34.0 Å². The van der Waals surface area contributed by atoms with Gasteiger partial charge in [0.25, 0.3) is 5.91 Å². The molecule has 1 N–H and O–H groups in total. The van der Waals surface area contributed by atoms with E-state index in [1.54, 1.807) is 6.92 Å². The van der Waals surface area contributed by atoms with Crippen LogP contribution in [0.15, 0.2) is 16.5 Å². The molecule has 0 bridgehead atoms. The predicted molar refractivity (Wildman–Crippen MR) is 60.0 cm³/mol. The summed E-state index contributed by atoms with van der Waals surface area (Å²) in [5.41, 5.74) is -1.16. The highest BCUT2D eigenvalue weighted by molar-refractivity contribution is 6.29. The summed E-state index contributed by atoms with van der Waals surface area (Å²) in [5.74, 6) is -1.36. The van der Waals surface area contributed by atoms with Crippen molar-refractivity contribution in [1.82, 2.24) is 4.90 Å². The maximum Gasteiger partial charge on any atom is 0.329 e. The fourth-order valence-electron chi connectivity index (χ4n) is 2.07. The first-order valence-corrected chi connectivity index (χ1v) is 5.63. The van der Waals surface area contributed by atoms with Crippen molar-refractivity contribution in [3.8, 4) is 0 Å². The van der Waals surface area contributed by atoms with Gasteiger partial charge in [-0.25, -0.2) is 4.79 Å². The smallest absolute Gasteiger partial charge is 0.329 e. The Morgan fingerprint density at radius 1 is 1.53 bits per heavy atom. The minimum Gasteiger partial charge on any atom is -0.480 e. The number of amides is 1. The monoisotopic (exact) mass is 257 g/mol. The lowest BCUT2D eigenvalue weighted by atomic mass is 9.99. The lowest BCUT2D eigenvalue weighted by Gasteiger charge is -2.30. The number of hydrogen-bond acceptors (Lipinski definition) is 3. The number of rotatable bonds is 2. The molecule has 1 unspecified atom stereocenters. The van der Waals surface area contributed by atoms with E-state index in [0.29, 0.717) is 19.4 Å². The van der Waals surface area contributed by atoms with E-state index in [1.165, 1.54) is 17.0 Å². The summed E-state index contributed by atoms with van der Waals surface area (Å²) >= 11 is 5.59. The van der Waals surface area contributed by atoms with Crippen molar-refractivity contribution < 1.29 is 19.1 Å². The van der Waals surface area contributed by atoms with Crippen LogP contribution in [0.2, 0.25) is 5.22 Å². The zero-order valence-electron chi connectivity index (χ0n) is 9.27. The number of hydrogen-bond donors (Lipinski definition) is 1. The Kier molecular flexibility index (Phi) is 2.87. The topological polar surface area (TPSA) is 70.8 Å². The van der Waals surface area contributed by atoms with E-state index in [1.807, 2.05) is 0 Å². The van der Waals surface area contributed by atoms with E-state index in [2.05, 4.69) is 0 Å². The van der Waals surface area contributed by atoms with Crippen LogP contribution in [0.5, 0.6) is 0 Å².